The van der Waals surface area contributed by atoms with Gasteiger partial charge >= 0.3 is 12.0 Å². The Hall–Kier alpha value is -0.910. The fourth-order valence-electron chi connectivity index (χ4n) is 1.94. The van der Waals surface area contributed by atoms with Gasteiger partial charge in [0.1, 0.15) is 0 Å². The van der Waals surface area contributed by atoms with Crippen molar-refractivity contribution in [1.29, 1.82) is 0 Å². The lowest BCUT2D eigenvalue weighted by Gasteiger charge is -2.38. The van der Waals surface area contributed by atoms with Gasteiger partial charge < -0.3 is 15.7 Å². The number of urea groups is 1. The average Bonchev–Trinajstić information content (AvgIpc) is 2.36. The summed E-state index contributed by atoms with van der Waals surface area (Å²) < 4.78 is 0. The zero-order valence-corrected chi connectivity index (χ0v) is 13.6. The van der Waals surface area contributed by atoms with E-state index in [1.165, 1.54) is 0 Å². The first-order valence-corrected chi connectivity index (χ1v) is 8.19. The van der Waals surface area contributed by atoms with Crippen LogP contribution in [-0.4, -0.2) is 40.7 Å². The summed E-state index contributed by atoms with van der Waals surface area (Å²) in [6, 6.07) is -0.289. The van der Waals surface area contributed by atoms with Gasteiger partial charge in [0.2, 0.25) is 0 Å². The van der Waals surface area contributed by atoms with Gasteiger partial charge in [-0.25, -0.2) is 4.79 Å². The zero-order valence-electron chi connectivity index (χ0n) is 12.8. The highest BCUT2D eigenvalue weighted by atomic mass is 32.2. The van der Waals surface area contributed by atoms with Crippen LogP contribution in [0.1, 0.15) is 40.5 Å². The van der Waals surface area contributed by atoms with Crippen molar-refractivity contribution in [3.63, 3.8) is 0 Å². The normalized spacial score (nSPS) is 17.6. The molecule has 1 heterocycles. The van der Waals surface area contributed by atoms with E-state index in [1.807, 2.05) is 11.8 Å². The third-order valence-corrected chi connectivity index (χ3v) is 5.46. The van der Waals surface area contributed by atoms with Crippen LogP contribution >= 0.6 is 11.8 Å². The quantitative estimate of drug-likeness (QED) is 0.728. The number of hydrogen-bond donors (Lipinski definition) is 3. The first-order valence-electron chi connectivity index (χ1n) is 7.04. The largest absolute Gasteiger partial charge is 0.481 e. The molecule has 0 saturated carbocycles. The molecule has 1 rings (SSSR count). The first kappa shape index (κ1) is 17.1. The van der Waals surface area contributed by atoms with Gasteiger partial charge in [-0.05, 0) is 58.0 Å². The van der Waals surface area contributed by atoms with Crippen LogP contribution in [0.2, 0.25) is 0 Å². The van der Waals surface area contributed by atoms with Gasteiger partial charge in [0, 0.05) is 6.54 Å². The molecule has 6 heteroatoms. The van der Waals surface area contributed by atoms with Gasteiger partial charge in [0.25, 0.3) is 0 Å². The molecule has 0 aliphatic carbocycles. The number of nitrogens with one attached hydrogen (secondary N) is 2. The number of aliphatic carboxylic acids is 1. The van der Waals surface area contributed by atoms with Crippen LogP contribution in [0.4, 0.5) is 4.79 Å². The SMILES string of the molecule is CC(C)(NC(=O)NCC1CCSCC1)C(C)(C)C(=O)O. The maximum absolute atomic E-state index is 12.0. The molecule has 0 unspecified atom stereocenters. The molecule has 116 valence electrons. The Morgan fingerprint density at radius 3 is 2.25 bits per heavy atom. The second kappa shape index (κ2) is 6.70. The Morgan fingerprint density at radius 2 is 1.75 bits per heavy atom. The summed E-state index contributed by atoms with van der Waals surface area (Å²) in [6.45, 7) is 7.37. The van der Waals surface area contributed by atoms with E-state index in [9.17, 15) is 14.7 Å². The molecule has 20 heavy (non-hydrogen) atoms. The Labute approximate surface area is 125 Å². The molecule has 0 bridgehead atoms. The van der Waals surface area contributed by atoms with E-state index >= 15 is 0 Å². The molecule has 0 spiro atoms. The fourth-order valence-corrected chi connectivity index (χ4v) is 3.14. The molecule has 0 aromatic carbocycles. The number of rotatable bonds is 5. The Morgan fingerprint density at radius 1 is 1.20 bits per heavy atom. The molecular weight excluding hydrogens is 276 g/mol. The van der Waals surface area contributed by atoms with Gasteiger partial charge in [-0.15, -0.1) is 0 Å². The lowest BCUT2D eigenvalue weighted by Crippen LogP contribution is -2.59. The minimum absolute atomic E-state index is 0.289. The summed E-state index contributed by atoms with van der Waals surface area (Å²) in [5.41, 5.74) is -1.86. The molecule has 0 aromatic heterocycles. The van der Waals surface area contributed by atoms with Gasteiger partial charge in [-0.2, -0.15) is 11.8 Å². The van der Waals surface area contributed by atoms with Crippen LogP contribution in [0.3, 0.4) is 0 Å². The second-order valence-corrected chi connectivity index (χ2v) is 7.67. The average molecular weight is 302 g/mol. The van der Waals surface area contributed by atoms with E-state index in [0.29, 0.717) is 12.5 Å². The molecule has 0 aromatic rings. The van der Waals surface area contributed by atoms with Crippen LogP contribution in [0.25, 0.3) is 0 Å². The number of amides is 2. The van der Waals surface area contributed by atoms with Gasteiger partial charge in [0.05, 0.1) is 11.0 Å². The lowest BCUT2D eigenvalue weighted by molar-refractivity contribution is -0.150. The molecule has 1 saturated heterocycles. The smallest absolute Gasteiger partial charge is 0.315 e. The molecule has 1 aliphatic rings. The van der Waals surface area contributed by atoms with E-state index in [-0.39, 0.29) is 6.03 Å². The number of hydrogen-bond acceptors (Lipinski definition) is 3. The molecule has 5 nitrogen and oxygen atoms in total. The lowest BCUT2D eigenvalue weighted by atomic mass is 9.74. The molecule has 3 N–H and O–H groups in total. The van der Waals surface area contributed by atoms with Crippen molar-refractivity contribution < 1.29 is 14.7 Å². The topological polar surface area (TPSA) is 78.4 Å². The highest BCUT2D eigenvalue weighted by molar-refractivity contribution is 7.99. The molecule has 1 fully saturated rings. The summed E-state index contributed by atoms with van der Waals surface area (Å²) in [5.74, 6) is 1.93. The van der Waals surface area contributed by atoms with Crippen LogP contribution in [-0.2, 0) is 4.79 Å². The summed E-state index contributed by atoms with van der Waals surface area (Å²) >= 11 is 1.96. The fraction of sp³-hybridized carbons (Fsp3) is 0.857. The Bertz CT molecular complexity index is 363. The van der Waals surface area contributed by atoms with Crippen LogP contribution < -0.4 is 10.6 Å². The van der Waals surface area contributed by atoms with E-state index in [4.69, 9.17) is 0 Å². The van der Waals surface area contributed by atoms with Crippen molar-refractivity contribution in [2.24, 2.45) is 11.3 Å². The minimum atomic E-state index is -1.04. The van der Waals surface area contributed by atoms with Crippen molar-refractivity contribution in [3.05, 3.63) is 0 Å². The Balaban J connectivity index is 2.46. The number of carboxylic acids is 1. The van der Waals surface area contributed by atoms with E-state index < -0.39 is 16.9 Å². The molecule has 2 amide bonds. The predicted octanol–water partition coefficient (Wildman–Crippen LogP) is 2.32. The van der Waals surface area contributed by atoms with Crippen LogP contribution in [0.5, 0.6) is 0 Å². The first-order chi connectivity index (χ1) is 9.17. The molecule has 0 radical (unpaired) electrons. The summed E-state index contributed by atoms with van der Waals surface area (Å²) in [4.78, 5) is 23.2. The zero-order chi connectivity index (χ0) is 15.4. The van der Waals surface area contributed by atoms with Crippen LogP contribution in [0.15, 0.2) is 0 Å². The van der Waals surface area contributed by atoms with E-state index in [1.54, 1.807) is 27.7 Å². The number of carboxylic acid groups (broad SMARTS) is 1. The van der Waals surface area contributed by atoms with Crippen molar-refractivity contribution in [1.82, 2.24) is 10.6 Å². The summed E-state index contributed by atoms with van der Waals surface area (Å²) in [7, 11) is 0. The van der Waals surface area contributed by atoms with Crippen molar-refractivity contribution >= 4 is 23.8 Å². The van der Waals surface area contributed by atoms with Crippen LogP contribution in [0, 0.1) is 11.3 Å². The standard InChI is InChI=1S/C14H26N2O3S/c1-13(2,11(17)18)14(3,4)16-12(19)15-9-10-5-7-20-8-6-10/h10H,5-9H2,1-4H3,(H,17,18)(H2,15,16,19). The Kier molecular flexibility index (Phi) is 5.74. The maximum atomic E-state index is 12.0. The highest BCUT2D eigenvalue weighted by Crippen LogP contribution is 2.30. The van der Waals surface area contributed by atoms with Gasteiger partial charge in [-0.1, -0.05) is 0 Å². The minimum Gasteiger partial charge on any atom is -0.481 e. The van der Waals surface area contributed by atoms with E-state index in [0.717, 1.165) is 24.3 Å². The number of carbonyl (C=O) groups excluding carboxylic acids is 1. The molecule has 1 aliphatic heterocycles. The highest BCUT2D eigenvalue weighted by Gasteiger charge is 2.44. The summed E-state index contributed by atoms with van der Waals surface area (Å²) in [5, 5.41) is 14.9. The van der Waals surface area contributed by atoms with E-state index in [2.05, 4.69) is 10.6 Å². The number of thioether (sulfide) groups is 1. The monoisotopic (exact) mass is 302 g/mol. The second-order valence-electron chi connectivity index (χ2n) is 6.45. The van der Waals surface area contributed by atoms with Gasteiger partial charge in [0.15, 0.2) is 0 Å². The van der Waals surface area contributed by atoms with Crippen molar-refractivity contribution in [2.75, 3.05) is 18.1 Å². The van der Waals surface area contributed by atoms with Crippen molar-refractivity contribution in [3.8, 4) is 0 Å². The number of carbonyl (C=O) groups is 2. The van der Waals surface area contributed by atoms with Crippen molar-refractivity contribution in [2.45, 2.75) is 46.1 Å². The predicted molar refractivity (Wildman–Crippen MR) is 82.1 cm³/mol. The van der Waals surface area contributed by atoms with Gasteiger partial charge in [-0.3, -0.25) is 4.79 Å². The maximum Gasteiger partial charge on any atom is 0.315 e. The molecular formula is C14H26N2O3S. The third kappa shape index (κ3) is 4.30. The molecule has 0 atom stereocenters. The summed E-state index contributed by atoms with van der Waals surface area (Å²) in [6.07, 6.45) is 2.27. The third-order valence-electron chi connectivity index (χ3n) is 4.42.